The molecule has 2 aromatic rings. The molecule has 0 saturated heterocycles. The van der Waals surface area contributed by atoms with Gasteiger partial charge in [0.2, 0.25) is 5.91 Å². The number of hydrogen-bond acceptors (Lipinski definition) is 5. The minimum absolute atomic E-state index is 0.0128. The van der Waals surface area contributed by atoms with Crippen LogP contribution in [0.2, 0.25) is 5.02 Å². The molecule has 0 atom stereocenters. The van der Waals surface area contributed by atoms with E-state index in [1.54, 1.807) is 31.2 Å². The number of nitrogens with one attached hydrogen (secondary N) is 2. The fourth-order valence-electron chi connectivity index (χ4n) is 2.14. The minimum Gasteiger partial charge on any atom is -0.385 e. The van der Waals surface area contributed by atoms with Gasteiger partial charge in [-0.3, -0.25) is 14.9 Å². The van der Waals surface area contributed by atoms with E-state index in [-0.39, 0.29) is 11.6 Å². The van der Waals surface area contributed by atoms with E-state index in [2.05, 4.69) is 15.8 Å². The Hall–Kier alpha value is -2.93. The van der Waals surface area contributed by atoms with Crippen molar-refractivity contribution in [1.29, 1.82) is 0 Å². The van der Waals surface area contributed by atoms with Crippen LogP contribution in [0.25, 0.3) is 0 Å². The van der Waals surface area contributed by atoms with Crippen molar-refractivity contribution in [3.63, 3.8) is 0 Å². The van der Waals surface area contributed by atoms with E-state index < -0.39 is 4.92 Å². The number of halogens is 1. The summed E-state index contributed by atoms with van der Waals surface area (Å²) in [7, 11) is 0. The molecule has 0 aliphatic rings. The van der Waals surface area contributed by atoms with Gasteiger partial charge in [0.05, 0.1) is 10.6 Å². The molecule has 26 heavy (non-hydrogen) atoms. The lowest BCUT2D eigenvalue weighted by molar-refractivity contribution is -0.384. The van der Waals surface area contributed by atoms with Gasteiger partial charge < -0.3 is 5.32 Å². The van der Waals surface area contributed by atoms with Crippen LogP contribution in [0, 0.1) is 10.1 Å². The Morgan fingerprint density at radius 3 is 2.42 bits per heavy atom. The third-order valence-electron chi connectivity index (χ3n) is 3.60. The molecule has 0 radical (unpaired) electrons. The van der Waals surface area contributed by atoms with Crippen LogP contribution in [-0.4, -0.2) is 23.1 Å². The first-order valence-electron chi connectivity index (χ1n) is 8.03. The Morgan fingerprint density at radius 2 is 1.81 bits per heavy atom. The molecule has 0 unspecified atom stereocenters. The first kappa shape index (κ1) is 19.4. The number of nitro groups is 1. The lowest BCUT2D eigenvalue weighted by Gasteiger charge is -2.06. The Kier molecular flexibility index (Phi) is 7.11. The normalized spacial score (nSPS) is 11.1. The van der Waals surface area contributed by atoms with E-state index in [0.29, 0.717) is 35.7 Å². The molecule has 0 aliphatic heterocycles. The van der Waals surface area contributed by atoms with Crippen molar-refractivity contribution in [3.05, 3.63) is 69.2 Å². The zero-order valence-corrected chi connectivity index (χ0v) is 15.0. The minimum atomic E-state index is -0.462. The summed E-state index contributed by atoms with van der Waals surface area (Å²) in [6.07, 6.45) is 0.984. The highest BCUT2D eigenvalue weighted by atomic mass is 35.5. The molecular formula is C18H19ClN4O3. The number of benzene rings is 2. The van der Waals surface area contributed by atoms with E-state index in [9.17, 15) is 14.9 Å². The highest BCUT2D eigenvalue weighted by Crippen LogP contribution is 2.14. The Balaban J connectivity index is 1.73. The van der Waals surface area contributed by atoms with Crippen LogP contribution in [0.5, 0.6) is 0 Å². The van der Waals surface area contributed by atoms with Crippen molar-refractivity contribution in [2.45, 2.75) is 19.8 Å². The summed E-state index contributed by atoms with van der Waals surface area (Å²) in [4.78, 5) is 22.0. The predicted octanol–water partition coefficient (Wildman–Crippen LogP) is 3.98. The number of hydrazone groups is 1. The lowest BCUT2D eigenvalue weighted by Crippen LogP contribution is -2.20. The van der Waals surface area contributed by atoms with Crippen molar-refractivity contribution in [2.24, 2.45) is 5.10 Å². The van der Waals surface area contributed by atoms with Crippen LogP contribution in [-0.2, 0) is 4.79 Å². The second kappa shape index (κ2) is 9.53. The van der Waals surface area contributed by atoms with Crippen LogP contribution in [0.4, 0.5) is 11.4 Å². The number of hydrogen-bond donors (Lipinski definition) is 2. The van der Waals surface area contributed by atoms with E-state index in [1.807, 2.05) is 12.1 Å². The monoisotopic (exact) mass is 374 g/mol. The topological polar surface area (TPSA) is 96.6 Å². The highest BCUT2D eigenvalue weighted by Gasteiger charge is 2.06. The fraction of sp³-hybridized carbons (Fsp3) is 0.222. The number of rotatable bonds is 8. The van der Waals surface area contributed by atoms with Crippen LogP contribution >= 0.6 is 11.6 Å². The first-order chi connectivity index (χ1) is 12.5. The molecule has 136 valence electrons. The SMILES string of the molecule is C/C(=N/NC(=O)CCCNc1ccc(Cl)cc1)c1ccc([N+](=O)[O-])cc1. The third-order valence-corrected chi connectivity index (χ3v) is 3.85. The standard InChI is InChI=1S/C18H19ClN4O3/c1-13(14-4-10-17(11-5-14)23(25)26)21-22-18(24)3-2-12-20-16-8-6-15(19)7-9-16/h4-11,20H,2-3,12H2,1H3,(H,22,24)/b21-13-. The van der Waals surface area contributed by atoms with E-state index >= 15 is 0 Å². The molecule has 0 heterocycles. The zero-order valence-electron chi connectivity index (χ0n) is 14.2. The summed E-state index contributed by atoms with van der Waals surface area (Å²) >= 11 is 5.82. The third kappa shape index (κ3) is 6.18. The van der Waals surface area contributed by atoms with Crippen LogP contribution < -0.4 is 10.7 Å². The summed E-state index contributed by atoms with van der Waals surface area (Å²) < 4.78 is 0. The number of carbonyl (C=O) groups is 1. The van der Waals surface area contributed by atoms with Gasteiger partial charge in [0, 0.05) is 35.8 Å². The van der Waals surface area contributed by atoms with Gasteiger partial charge in [0.1, 0.15) is 0 Å². The van der Waals surface area contributed by atoms with Gasteiger partial charge in [-0.25, -0.2) is 5.43 Å². The number of amides is 1. The van der Waals surface area contributed by atoms with Crippen molar-refractivity contribution in [1.82, 2.24) is 5.43 Å². The molecule has 7 nitrogen and oxygen atoms in total. The van der Waals surface area contributed by atoms with Gasteiger partial charge in [-0.05, 0) is 55.3 Å². The second-order valence-electron chi connectivity index (χ2n) is 5.57. The quantitative estimate of drug-likeness (QED) is 0.316. The fourth-order valence-corrected chi connectivity index (χ4v) is 2.27. The molecule has 1 amide bonds. The Morgan fingerprint density at radius 1 is 1.15 bits per heavy atom. The molecule has 0 aliphatic carbocycles. The van der Waals surface area contributed by atoms with E-state index in [1.165, 1.54) is 12.1 Å². The molecule has 0 saturated carbocycles. The molecule has 0 spiro atoms. The number of non-ortho nitro benzene ring substituents is 1. The highest BCUT2D eigenvalue weighted by molar-refractivity contribution is 6.30. The lowest BCUT2D eigenvalue weighted by atomic mass is 10.1. The smallest absolute Gasteiger partial charge is 0.269 e. The van der Waals surface area contributed by atoms with Gasteiger partial charge in [0.15, 0.2) is 0 Å². The van der Waals surface area contributed by atoms with Crippen molar-refractivity contribution >= 4 is 34.6 Å². The zero-order chi connectivity index (χ0) is 18.9. The van der Waals surface area contributed by atoms with Crippen LogP contribution in [0.15, 0.2) is 53.6 Å². The number of nitrogens with zero attached hydrogens (tertiary/aromatic N) is 2. The molecule has 0 aromatic heterocycles. The van der Waals surface area contributed by atoms with Crippen molar-refractivity contribution < 1.29 is 9.72 Å². The van der Waals surface area contributed by atoms with Gasteiger partial charge >= 0.3 is 0 Å². The van der Waals surface area contributed by atoms with Crippen LogP contribution in [0.3, 0.4) is 0 Å². The van der Waals surface area contributed by atoms with Gasteiger partial charge in [-0.15, -0.1) is 0 Å². The Labute approximate surface area is 156 Å². The Bertz CT molecular complexity index is 789. The summed E-state index contributed by atoms with van der Waals surface area (Å²) in [6.45, 7) is 2.38. The molecule has 0 bridgehead atoms. The van der Waals surface area contributed by atoms with Gasteiger partial charge in [-0.2, -0.15) is 5.10 Å². The second-order valence-corrected chi connectivity index (χ2v) is 6.01. The number of anilines is 1. The van der Waals surface area contributed by atoms with E-state index in [4.69, 9.17) is 11.6 Å². The average Bonchev–Trinajstić information content (AvgIpc) is 2.64. The molecule has 2 aromatic carbocycles. The van der Waals surface area contributed by atoms with Crippen molar-refractivity contribution in [2.75, 3.05) is 11.9 Å². The maximum atomic E-state index is 11.8. The molecule has 2 N–H and O–H groups in total. The summed E-state index contributed by atoms with van der Waals surface area (Å²) in [6, 6.07) is 13.3. The van der Waals surface area contributed by atoms with Crippen LogP contribution in [0.1, 0.15) is 25.3 Å². The molecular weight excluding hydrogens is 356 g/mol. The summed E-state index contributed by atoms with van der Waals surface area (Å²) in [5.41, 5.74) is 4.74. The first-order valence-corrected chi connectivity index (χ1v) is 8.41. The molecule has 0 fully saturated rings. The van der Waals surface area contributed by atoms with E-state index in [0.717, 1.165) is 5.69 Å². The number of nitro benzene ring substituents is 1. The maximum Gasteiger partial charge on any atom is 0.269 e. The maximum absolute atomic E-state index is 11.8. The van der Waals surface area contributed by atoms with Gasteiger partial charge in [0.25, 0.3) is 5.69 Å². The summed E-state index contributed by atoms with van der Waals surface area (Å²) in [5, 5.41) is 18.5. The predicted molar refractivity (Wildman–Crippen MR) is 103 cm³/mol. The van der Waals surface area contributed by atoms with Gasteiger partial charge in [-0.1, -0.05) is 11.6 Å². The van der Waals surface area contributed by atoms with Crippen molar-refractivity contribution in [3.8, 4) is 0 Å². The molecule has 2 rings (SSSR count). The largest absolute Gasteiger partial charge is 0.385 e. The average molecular weight is 375 g/mol. The molecule has 8 heteroatoms. The number of carbonyl (C=O) groups excluding carboxylic acids is 1. The summed E-state index contributed by atoms with van der Waals surface area (Å²) in [5.74, 6) is -0.191.